The Morgan fingerprint density at radius 3 is 2.52 bits per heavy atom. The van der Waals surface area contributed by atoms with E-state index in [1.807, 2.05) is 42.5 Å². The zero-order valence-corrected chi connectivity index (χ0v) is 14.7. The zero-order chi connectivity index (χ0) is 18.2. The fourth-order valence-electron chi connectivity index (χ4n) is 3.88. The predicted molar refractivity (Wildman–Crippen MR) is 108 cm³/mol. The summed E-state index contributed by atoms with van der Waals surface area (Å²) in [5.74, 6) is 0.290. The van der Waals surface area contributed by atoms with Gasteiger partial charge in [0.2, 0.25) is 0 Å². The molecule has 4 nitrogen and oxygen atoms in total. The van der Waals surface area contributed by atoms with E-state index in [4.69, 9.17) is 9.52 Å². The third-order valence-electron chi connectivity index (χ3n) is 5.15. The normalized spacial score (nSPS) is 19.2. The number of anilines is 1. The van der Waals surface area contributed by atoms with Crippen LogP contribution in [-0.2, 0) is 0 Å². The lowest BCUT2D eigenvalue weighted by Crippen LogP contribution is -2.31. The molecule has 0 N–H and O–H groups in total. The number of hydrazone groups is 1. The Hall–Kier alpha value is -3.40. The van der Waals surface area contributed by atoms with Gasteiger partial charge in [0.15, 0.2) is 0 Å². The van der Waals surface area contributed by atoms with Crippen molar-refractivity contribution in [3.63, 3.8) is 0 Å². The molecule has 3 aromatic rings. The van der Waals surface area contributed by atoms with Gasteiger partial charge in [0, 0.05) is 29.4 Å². The average Bonchev–Trinajstić information content (AvgIpc) is 3.37. The fourth-order valence-corrected chi connectivity index (χ4v) is 3.88. The van der Waals surface area contributed by atoms with E-state index in [0.717, 1.165) is 28.8 Å². The quantitative estimate of drug-likeness (QED) is 0.650. The van der Waals surface area contributed by atoms with Crippen molar-refractivity contribution in [3.8, 4) is 0 Å². The molecule has 1 aliphatic carbocycles. The molecular formula is C23H18N2O2. The SMILES string of the molecule is O=c1cc(C2=NN(c3ccccc3)C(C3C=CC=C3)C2)c2ccccc2o1. The highest BCUT2D eigenvalue weighted by Gasteiger charge is 2.34. The molecule has 0 spiro atoms. The van der Waals surface area contributed by atoms with Crippen molar-refractivity contribution in [2.75, 3.05) is 5.01 Å². The van der Waals surface area contributed by atoms with Crippen LogP contribution in [0.15, 0.2) is 99.3 Å². The molecule has 1 aliphatic heterocycles. The van der Waals surface area contributed by atoms with Gasteiger partial charge in [-0.2, -0.15) is 5.10 Å². The van der Waals surface area contributed by atoms with E-state index >= 15 is 0 Å². The number of hydrogen-bond acceptors (Lipinski definition) is 4. The first-order valence-electron chi connectivity index (χ1n) is 9.09. The maximum absolute atomic E-state index is 12.1. The van der Waals surface area contributed by atoms with Crippen LogP contribution in [-0.4, -0.2) is 11.8 Å². The summed E-state index contributed by atoms with van der Waals surface area (Å²) < 4.78 is 5.35. The summed E-state index contributed by atoms with van der Waals surface area (Å²) >= 11 is 0. The van der Waals surface area contributed by atoms with Crippen LogP contribution in [0.3, 0.4) is 0 Å². The second kappa shape index (κ2) is 6.40. The van der Waals surface area contributed by atoms with Gasteiger partial charge < -0.3 is 4.42 Å². The summed E-state index contributed by atoms with van der Waals surface area (Å²) in [6, 6.07) is 19.6. The molecule has 2 aliphatic rings. The molecule has 5 rings (SSSR count). The molecule has 1 unspecified atom stereocenters. The highest BCUT2D eigenvalue weighted by molar-refractivity contribution is 6.11. The van der Waals surface area contributed by atoms with Crippen molar-refractivity contribution >= 4 is 22.4 Å². The van der Waals surface area contributed by atoms with Gasteiger partial charge in [0.25, 0.3) is 0 Å². The van der Waals surface area contributed by atoms with Gasteiger partial charge in [0.1, 0.15) is 5.58 Å². The summed E-state index contributed by atoms with van der Waals surface area (Å²) in [7, 11) is 0. The minimum Gasteiger partial charge on any atom is -0.423 e. The first kappa shape index (κ1) is 15.8. The first-order valence-corrected chi connectivity index (χ1v) is 9.09. The number of fused-ring (bicyclic) bond motifs is 1. The number of allylic oxidation sites excluding steroid dienone is 2. The largest absolute Gasteiger partial charge is 0.423 e. The molecule has 0 saturated heterocycles. The predicted octanol–water partition coefficient (Wildman–Crippen LogP) is 4.52. The molecule has 2 aromatic carbocycles. The summed E-state index contributed by atoms with van der Waals surface area (Å²) in [6.45, 7) is 0. The Bertz CT molecular complexity index is 1130. The van der Waals surface area contributed by atoms with Crippen LogP contribution < -0.4 is 10.6 Å². The van der Waals surface area contributed by atoms with Crippen molar-refractivity contribution in [3.05, 3.63) is 101 Å². The molecule has 2 heterocycles. The minimum absolute atomic E-state index is 0.184. The number of benzene rings is 2. The topological polar surface area (TPSA) is 45.8 Å². The highest BCUT2D eigenvalue weighted by Crippen LogP contribution is 2.34. The summed E-state index contributed by atoms with van der Waals surface area (Å²) in [5, 5.41) is 7.95. The third kappa shape index (κ3) is 2.79. The van der Waals surface area contributed by atoms with Gasteiger partial charge in [-0.3, -0.25) is 5.01 Å². The number of hydrogen-bond donors (Lipinski definition) is 0. The van der Waals surface area contributed by atoms with Crippen molar-refractivity contribution in [1.29, 1.82) is 0 Å². The van der Waals surface area contributed by atoms with Crippen LogP contribution in [0.25, 0.3) is 11.0 Å². The van der Waals surface area contributed by atoms with Crippen molar-refractivity contribution in [1.82, 2.24) is 0 Å². The summed E-state index contributed by atoms with van der Waals surface area (Å²) in [5.41, 5.74) is 3.08. The van der Waals surface area contributed by atoms with Crippen LogP contribution >= 0.6 is 0 Å². The lowest BCUT2D eigenvalue weighted by atomic mass is 9.93. The lowest BCUT2D eigenvalue weighted by Gasteiger charge is -2.26. The molecule has 27 heavy (non-hydrogen) atoms. The molecule has 0 bridgehead atoms. The van der Waals surface area contributed by atoms with Gasteiger partial charge in [0.05, 0.1) is 17.4 Å². The van der Waals surface area contributed by atoms with Crippen LogP contribution in [0.1, 0.15) is 12.0 Å². The lowest BCUT2D eigenvalue weighted by molar-refractivity contribution is 0.560. The van der Waals surface area contributed by atoms with Gasteiger partial charge in [-0.25, -0.2) is 4.79 Å². The Kier molecular flexibility index (Phi) is 3.75. The zero-order valence-electron chi connectivity index (χ0n) is 14.7. The van der Waals surface area contributed by atoms with Crippen molar-refractivity contribution in [2.45, 2.75) is 12.5 Å². The van der Waals surface area contributed by atoms with Gasteiger partial charge in [-0.15, -0.1) is 0 Å². The number of nitrogens with zero attached hydrogens (tertiary/aromatic N) is 2. The van der Waals surface area contributed by atoms with Crippen molar-refractivity contribution < 1.29 is 4.42 Å². The standard InChI is InChI=1S/C23H18N2O2/c26-23-14-19(18-12-6-7-13-22(18)27-23)20-15-21(16-8-4-5-9-16)25(24-20)17-10-2-1-3-11-17/h1-14,16,21H,15H2. The van der Waals surface area contributed by atoms with E-state index in [1.54, 1.807) is 6.07 Å². The number of rotatable bonds is 3. The number of para-hydroxylation sites is 2. The second-order valence-corrected chi connectivity index (χ2v) is 6.82. The van der Waals surface area contributed by atoms with Gasteiger partial charge in [-0.1, -0.05) is 60.7 Å². The maximum atomic E-state index is 12.1. The molecular weight excluding hydrogens is 336 g/mol. The molecule has 0 amide bonds. The van der Waals surface area contributed by atoms with Crippen LogP contribution in [0.5, 0.6) is 0 Å². The molecule has 0 fully saturated rings. The van der Waals surface area contributed by atoms with E-state index in [9.17, 15) is 4.79 Å². The van der Waals surface area contributed by atoms with Crippen molar-refractivity contribution in [2.24, 2.45) is 11.0 Å². The van der Waals surface area contributed by atoms with Gasteiger partial charge >= 0.3 is 5.63 Å². The van der Waals surface area contributed by atoms with Crippen LogP contribution in [0.4, 0.5) is 5.69 Å². The van der Waals surface area contributed by atoms with Gasteiger partial charge in [-0.05, 0) is 18.2 Å². The van der Waals surface area contributed by atoms with Crippen LogP contribution in [0, 0.1) is 5.92 Å². The minimum atomic E-state index is -0.346. The maximum Gasteiger partial charge on any atom is 0.336 e. The summed E-state index contributed by atoms with van der Waals surface area (Å²) in [6.07, 6.45) is 9.34. The summed E-state index contributed by atoms with van der Waals surface area (Å²) in [4.78, 5) is 12.1. The molecule has 4 heteroatoms. The molecule has 1 atom stereocenters. The van der Waals surface area contributed by atoms with E-state index in [2.05, 4.69) is 41.4 Å². The van der Waals surface area contributed by atoms with E-state index in [-0.39, 0.29) is 17.6 Å². The molecule has 1 aromatic heterocycles. The molecule has 132 valence electrons. The Balaban J connectivity index is 1.64. The Morgan fingerprint density at radius 1 is 0.963 bits per heavy atom. The highest BCUT2D eigenvalue weighted by atomic mass is 16.4. The van der Waals surface area contributed by atoms with E-state index in [1.165, 1.54) is 0 Å². The monoisotopic (exact) mass is 354 g/mol. The average molecular weight is 354 g/mol. The van der Waals surface area contributed by atoms with Crippen LogP contribution in [0.2, 0.25) is 0 Å². The first-order chi connectivity index (χ1) is 13.3. The smallest absolute Gasteiger partial charge is 0.336 e. The Labute approximate surface area is 156 Å². The Morgan fingerprint density at radius 2 is 1.70 bits per heavy atom. The molecule has 0 saturated carbocycles. The third-order valence-corrected chi connectivity index (χ3v) is 5.15. The van der Waals surface area contributed by atoms with E-state index < -0.39 is 0 Å². The second-order valence-electron chi connectivity index (χ2n) is 6.82. The van der Waals surface area contributed by atoms with E-state index in [0.29, 0.717) is 5.58 Å². The molecule has 0 radical (unpaired) electrons. The fraction of sp³-hybridized carbons (Fsp3) is 0.130.